The van der Waals surface area contributed by atoms with Crippen LogP contribution >= 0.6 is 0 Å². The third-order valence-electron chi connectivity index (χ3n) is 5.05. The van der Waals surface area contributed by atoms with E-state index in [1.165, 1.54) is 18.8 Å². The van der Waals surface area contributed by atoms with Gasteiger partial charge in [-0.05, 0) is 30.7 Å². The molecule has 0 saturated carbocycles. The van der Waals surface area contributed by atoms with Crippen LogP contribution in [-0.2, 0) is 22.6 Å². The van der Waals surface area contributed by atoms with Gasteiger partial charge in [0.15, 0.2) is 11.5 Å². The minimum atomic E-state index is -0.389. The van der Waals surface area contributed by atoms with Crippen molar-refractivity contribution in [3.63, 3.8) is 0 Å². The minimum absolute atomic E-state index is 0.135. The van der Waals surface area contributed by atoms with E-state index in [-0.39, 0.29) is 42.5 Å². The molecule has 0 aliphatic carbocycles. The summed E-state index contributed by atoms with van der Waals surface area (Å²) in [4.78, 5) is 42.4. The number of nitrogens with one attached hydrogen (secondary N) is 2. The van der Waals surface area contributed by atoms with Crippen molar-refractivity contribution in [3.05, 3.63) is 58.5 Å². The molecule has 0 unspecified atom stereocenters. The van der Waals surface area contributed by atoms with E-state index in [4.69, 9.17) is 9.47 Å². The number of anilines is 1. The van der Waals surface area contributed by atoms with Gasteiger partial charge in [0.05, 0.1) is 25.3 Å². The Kier molecular flexibility index (Phi) is 8.01. The Bertz CT molecular complexity index is 1210. The fourth-order valence-electron chi connectivity index (χ4n) is 3.41. The molecule has 3 aromatic rings. The molecule has 2 aromatic carbocycles. The number of hydrogen-bond donors (Lipinski definition) is 2. The fraction of sp³-hybridized carbons (Fsp3) is 0.333. The van der Waals surface area contributed by atoms with Gasteiger partial charge in [-0.2, -0.15) is 0 Å². The fourth-order valence-corrected chi connectivity index (χ4v) is 3.41. The van der Waals surface area contributed by atoms with E-state index < -0.39 is 0 Å². The highest BCUT2D eigenvalue weighted by atomic mass is 16.5. The van der Waals surface area contributed by atoms with Gasteiger partial charge >= 0.3 is 0 Å². The van der Waals surface area contributed by atoms with Crippen molar-refractivity contribution in [1.29, 1.82) is 0 Å². The number of aryl methyl sites for hydroxylation is 1. The van der Waals surface area contributed by atoms with E-state index in [9.17, 15) is 14.4 Å². The number of amides is 2. The summed E-state index contributed by atoms with van der Waals surface area (Å²) >= 11 is 0. The number of para-hydroxylation sites is 2. The standard InChI is InChI=1S/C24H28N4O5/c1-4-13-25-22(29)12-10-18-24(31)28(19-8-6-5-7-17(19)27-18)15-23(30)26-16-9-11-20(32-2)21(14-16)33-3/h5-9,11,14H,4,10,12-13,15H2,1-3H3,(H,25,29)(H,26,30). The molecule has 33 heavy (non-hydrogen) atoms. The van der Waals surface area contributed by atoms with Crippen LogP contribution in [0.25, 0.3) is 11.0 Å². The normalized spacial score (nSPS) is 10.6. The van der Waals surface area contributed by atoms with E-state index in [1.807, 2.05) is 13.0 Å². The summed E-state index contributed by atoms with van der Waals surface area (Å²) in [5.41, 5.74) is 1.50. The summed E-state index contributed by atoms with van der Waals surface area (Å²) in [6.45, 7) is 2.35. The van der Waals surface area contributed by atoms with Gasteiger partial charge in [0.25, 0.3) is 5.56 Å². The second kappa shape index (κ2) is 11.1. The lowest BCUT2D eigenvalue weighted by atomic mass is 10.2. The molecule has 3 rings (SSSR count). The van der Waals surface area contributed by atoms with Crippen LogP contribution in [0.1, 0.15) is 25.5 Å². The topological polar surface area (TPSA) is 112 Å². The highest BCUT2D eigenvalue weighted by Gasteiger charge is 2.15. The van der Waals surface area contributed by atoms with Gasteiger partial charge in [-0.1, -0.05) is 19.1 Å². The Labute approximate surface area is 191 Å². The van der Waals surface area contributed by atoms with E-state index in [0.717, 1.165) is 6.42 Å². The Hall–Kier alpha value is -3.88. The van der Waals surface area contributed by atoms with Gasteiger partial charge in [0, 0.05) is 31.1 Å². The van der Waals surface area contributed by atoms with E-state index in [2.05, 4.69) is 15.6 Å². The number of aromatic nitrogens is 2. The van der Waals surface area contributed by atoms with Crippen LogP contribution in [0.3, 0.4) is 0 Å². The number of nitrogens with zero attached hydrogens (tertiary/aromatic N) is 2. The minimum Gasteiger partial charge on any atom is -0.493 e. The second-order valence-corrected chi connectivity index (χ2v) is 7.41. The van der Waals surface area contributed by atoms with E-state index in [1.54, 1.807) is 36.4 Å². The molecule has 0 spiro atoms. The molecule has 9 heteroatoms. The van der Waals surface area contributed by atoms with Gasteiger partial charge in [-0.3, -0.25) is 19.0 Å². The van der Waals surface area contributed by atoms with Gasteiger partial charge in [0.2, 0.25) is 11.8 Å². The first kappa shape index (κ1) is 23.8. The summed E-state index contributed by atoms with van der Waals surface area (Å²) in [7, 11) is 3.04. The number of carbonyl (C=O) groups is 2. The maximum Gasteiger partial charge on any atom is 0.273 e. The molecular formula is C24H28N4O5. The second-order valence-electron chi connectivity index (χ2n) is 7.41. The number of ether oxygens (including phenoxy) is 2. The van der Waals surface area contributed by atoms with Crippen molar-refractivity contribution in [3.8, 4) is 11.5 Å². The largest absolute Gasteiger partial charge is 0.493 e. The molecule has 1 heterocycles. The Balaban J connectivity index is 1.84. The summed E-state index contributed by atoms with van der Waals surface area (Å²) < 4.78 is 11.9. The average molecular weight is 453 g/mol. The highest BCUT2D eigenvalue weighted by Crippen LogP contribution is 2.29. The number of carbonyl (C=O) groups excluding carboxylic acids is 2. The first-order valence-corrected chi connectivity index (χ1v) is 10.7. The molecule has 9 nitrogen and oxygen atoms in total. The third kappa shape index (κ3) is 5.88. The van der Waals surface area contributed by atoms with Crippen molar-refractivity contribution in [2.75, 3.05) is 26.1 Å². The van der Waals surface area contributed by atoms with Crippen LogP contribution in [0.15, 0.2) is 47.3 Å². The quantitative estimate of drug-likeness (QED) is 0.489. The van der Waals surface area contributed by atoms with Crippen LogP contribution < -0.4 is 25.7 Å². The number of benzene rings is 2. The molecule has 0 aliphatic rings. The molecule has 1 aromatic heterocycles. The molecule has 0 fully saturated rings. The zero-order valence-electron chi connectivity index (χ0n) is 19.0. The maximum atomic E-state index is 13.1. The van der Waals surface area contributed by atoms with Crippen LogP contribution in [0, 0.1) is 0 Å². The summed E-state index contributed by atoms with van der Waals surface area (Å²) in [5, 5.41) is 5.57. The zero-order chi connectivity index (χ0) is 23.8. The van der Waals surface area contributed by atoms with Gasteiger partial charge in [-0.25, -0.2) is 4.98 Å². The van der Waals surface area contributed by atoms with E-state index in [0.29, 0.717) is 34.8 Å². The molecule has 174 valence electrons. The van der Waals surface area contributed by atoms with Crippen molar-refractivity contribution in [1.82, 2.24) is 14.9 Å². The smallest absolute Gasteiger partial charge is 0.273 e. The lowest BCUT2D eigenvalue weighted by Gasteiger charge is -2.14. The molecular weight excluding hydrogens is 424 g/mol. The highest BCUT2D eigenvalue weighted by molar-refractivity contribution is 5.92. The predicted octanol–water partition coefficient (Wildman–Crippen LogP) is 2.51. The summed E-state index contributed by atoms with van der Waals surface area (Å²) in [6.07, 6.45) is 1.18. The molecule has 0 aliphatic heterocycles. The van der Waals surface area contributed by atoms with Gasteiger partial charge in [-0.15, -0.1) is 0 Å². The Morgan fingerprint density at radius 3 is 2.52 bits per heavy atom. The van der Waals surface area contributed by atoms with Crippen molar-refractivity contribution in [2.45, 2.75) is 32.7 Å². The first-order chi connectivity index (χ1) is 16.0. The molecule has 0 saturated heterocycles. The zero-order valence-corrected chi connectivity index (χ0v) is 19.0. The first-order valence-electron chi connectivity index (χ1n) is 10.7. The van der Waals surface area contributed by atoms with Crippen molar-refractivity contribution < 1.29 is 19.1 Å². The molecule has 2 N–H and O–H groups in total. The van der Waals surface area contributed by atoms with Crippen LogP contribution in [0.2, 0.25) is 0 Å². The maximum absolute atomic E-state index is 13.1. The van der Waals surface area contributed by atoms with Crippen LogP contribution in [-0.4, -0.2) is 42.1 Å². The number of hydrogen-bond acceptors (Lipinski definition) is 6. The monoisotopic (exact) mass is 452 g/mol. The lowest BCUT2D eigenvalue weighted by Crippen LogP contribution is -2.32. The van der Waals surface area contributed by atoms with Crippen LogP contribution in [0.4, 0.5) is 5.69 Å². The Morgan fingerprint density at radius 2 is 1.79 bits per heavy atom. The van der Waals surface area contributed by atoms with Crippen molar-refractivity contribution in [2.24, 2.45) is 0 Å². The summed E-state index contributed by atoms with van der Waals surface area (Å²) in [5.74, 6) is 0.501. The molecule has 0 atom stereocenters. The predicted molar refractivity (Wildman–Crippen MR) is 126 cm³/mol. The van der Waals surface area contributed by atoms with Gasteiger partial charge in [0.1, 0.15) is 12.2 Å². The van der Waals surface area contributed by atoms with E-state index >= 15 is 0 Å². The van der Waals surface area contributed by atoms with Crippen LogP contribution in [0.5, 0.6) is 11.5 Å². The number of rotatable bonds is 10. The molecule has 0 radical (unpaired) electrons. The molecule has 0 bridgehead atoms. The van der Waals surface area contributed by atoms with Gasteiger partial charge < -0.3 is 20.1 Å². The molecule has 2 amide bonds. The average Bonchev–Trinajstić information content (AvgIpc) is 2.83. The summed E-state index contributed by atoms with van der Waals surface area (Å²) in [6, 6.07) is 12.1. The number of methoxy groups -OCH3 is 2. The Morgan fingerprint density at radius 1 is 1.03 bits per heavy atom. The lowest BCUT2D eigenvalue weighted by molar-refractivity contribution is -0.121. The SMILES string of the molecule is CCCNC(=O)CCc1nc2ccccc2n(CC(=O)Nc2ccc(OC)c(OC)c2)c1=O. The number of fused-ring (bicyclic) bond motifs is 1. The van der Waals surface area contributed by atoms with Crippen molar-refractivity contribution >= 4 is 28.5 Å². The third-order valence-corrected chi connectivity index (χ3v) is 5.05.